The summed E-state index contributed by atoms with van der Waals surface area (Å²) in [4.78, 5) is 31.1. The molecule has 3 aliphatic rings. The molecule has 0 unspecified atom stereocenters. The van der Waals surface area contributed by atoms with Crippen LogP contribution in [0.3, 0.4) is 0 Å². The Bertz CT molecular complexity index is 1010. The lowest BCUT2D eigenvalue weighted by Crippen LogP contribution is -2.50. The number of benzene rings is 1. The van der Waals surface area contributed by atoms with Crippen molar-refractivity contribution >= 4 is 16.9 Å². The molecular formula is C24H31N3O4. The normalized spacial score (nSPS) is 19.5. The monoisotopic (exact) mass is 425 g/mol. The van der Waals surface area contributed by atoms with Gasteiger partial charge in [-0.05, 0) is 37.8 Å². The van der Waals surface area contributed by atoms with E-state index in [-0.39, 0.29) is 30.5 Å². The summed E-state index contributed by atoms with van der Waals surface area (Å²) in [6.07, 6.45) is 11.2. The van der Waals surface area contributed by atoms with Crippen molar-refractivity contribution in [3.05, 3.63) is 34.1 Å². The van der Waals surface area contributed by atoms with Gasteiger partial charge in [-0.1, -0.05) is 38.5 Å². The third kappa shape index (κ3) is 4.36. The fourth-order valence-corrected chi connectivity index (χ4v) is 5.21. The Kier molecular flexibility index (Phi) is 5.74. The predicted molar refractivity (Wildman–Crippen MR) is 119 cm³/mol. The Hall–Kier alpha value is -2.70. The van der Waals surface area contributed by atoms with E-state index >= 15 is 0 Å². The first kappa shape index (κ1) is 20.2. The number of ether oxygens (including phenoxy) is 2. The van der Waals surface area contributed by atoms with Crippen molar-refractivity contribution in [1.29, 1.82) is 0 Å². The predicted octanol–water partition coefficient (Wildman–Crippen LogP) is 4.43. The summed E-state index contributed by atoms with van der Waals surface area (Å²) >= 11 is 0. The Balaban J connectivity index is 1.41. The molecular weight excluding hydrogens is 394 g/mol. The highest BCUT2D eigenvalue weighted by molar-refractivity contribution is 5.83. The number of urea groups is 1. The molecule has 1 aromatic carbocycles. The summed E-state index contributed by atoms with van der Waals surface area (Å²) in [5.74, 6) is 1.33. The smallest absolute Gasteiger partial charge is 0.318 e. The van der Waals surface area contributed by atoms with Crippen molar-refractivity contribution in [1.82, 2.24) is 15.2 Å². The van der Waals surface area contributed by atoms with Crippen molar-refractivity contribution in [2.24, 2.45) is 0 Å². The molecule has 0 bridgehead atoms. The number of H-pyrrole nitrogens is 1. The van der Waals surface area contributed by atoms with E-state index in [0.29, 0.717) is 29.1 Å². The molecule has 166 valence electrons. The van der Waals surface area contributed by atoms with Crippen LogP contribution in [0.2, 0.25) is 0 Å². The van der Waals surface area contributed by atoms with Gasteiger partial charge in [-0.3, -0.25) is 4.79 Å². The van der Waals surface area contributed by atoms with E-state index in [9.17, 15) is 9.59 Å². The van der Waals surface area contributed by atoms with E-state index in [4.69, 9.17) is 9.47 Å². The third-order valence-electron chi connectivity index (χ3n) is 6.96. The maximum atomic E-state index is 13.3. The first-order chi connectivity index (χ1) is 15.2. The van der Waals surface area contributed by atoms with Gasteiger partial charge in [0.05, 0.1) is 12.1 Å². The molecule has 0 saturated heterocycles. The van der Waals surface area contributed by atoms with Gasteiger partial charge in [0.15, 0.2) is 11.5 Å². The zero-order chi connectivity index (χ0) is 21.2. The van der Waals surface area contributed by atoms with Crippen LogP contribution in [0, 0.1) is 0 Å². The van der Waals surface area contributed by atoms with Crippen LogP contribution in [0.4, 0.5) is 4.79 Å². The SMILES string of the molecule is O=C(NC1CCCCC1)N(Cc1cc2cc3c(cc2[nH]c1=O)OCO3)C1CCCCC1. The highest BCUT2D eigenvalue weighted by atomic mass is 16.7. The molecule has 0 spiro atoms. The van der Waals surface area contributed by atoms with E-state index in [2.05, 4.69) is 10.3 Å². The Morgan fingerprint density at radius 1 is 0.968 bits per heavy atom. The summed E-state index contributed by atoms with van der Waals surface area (Å²) in [7, 11) is 0. The minimum absolute atomic E-state index is 0.0241. The van der Waals surface area contributed by atoms with Gasteiger partial charge in [-0.25, -0.2) is 4.79 Å². The van der Waals surface area contributed by atoms with E-state index in [1.54, 1.807) is 6.07 Å². The first-order valence-corrected chi connectivity index (χ1v) is 11.7. The Morgan fingerprint density at radius 3 is 2.39 bits per heavy atom. The molecule has 1 aromatic heterocycles. The first-order valence-electron chi connectivity index (χ1n) is 11.7. The molecule has 2 saturated carbocycles. The fourth-order valence-electron chi connectivity index (χ4n) is 5.21. The number of rotatable bonds is 4. The number of aromatic amines is 1. The second kappa shape index (κ2) is 8.81. The van der Waals surface area contributed by atoms with E-state index in [1.807, 2.05) is 17.0 Å². The number of hydrogen-bond acceptors (Lipinski definition) is 4. The van der Waals surface area contributed by atoms with Gasteiger partial charge < -0.3 is 24.7 Å². The van der Waals surface area contributed by atoms with Crippen molar-refractivity contribution in [2.45, 2.75) is 82.8 Å². The minimum atomic E-state index is -0.155. The lowest BCUT2D eigenvalue weighted by Gasteiger charge is -2.36. The number of carbonyl (C=O) groups is 1. The molecule has 1 aliphatic heterocycles. The molecule has 2 aromatic rings. The second-order valence-electron chi connectivity index (χ2n) is 9.12. The molecule has 7 heteroatoms. The van der Waals surface area contributed by atoms with Gasteiger partial charge in [0.25, 0.3) is 5.56 Å². The third-order valence-corrected chi connectivity index (χ3v) is 6.96. The number of pyridine rings is 1. The number of carbonyl (C=O) groups excluding carboxylic acids is 1. The molecule has 7 nitrogen and oxygen atoms in total. The molecule has 0 radical (unpaired) electrons. The number of nitrogens with one attached hydrogen (secondary N) is 2. The lowest BCUT2D eigenvalue weighted by molar-refractivity contribution is 0.145. The Labute approximate surface area is 182 Å². The van der Waals surface area contributed by atoms with Gasteiger partial charge in [0.2, 0.25) is 6.79 Å². The van der Waals surface area contributed by atoms with Gasteiger partial charge in [-0.2, -0.15) is 0 Å². The number of amides is 2. The second-order valence-corrected chi connectivity index (χ2v) is 9.12. The molecule has 2 heterocycles. The fraction of sp³-hybridized carbons (Fsp3) is 0.583. The van der Waals surface area contributed by atoms with Crippen LogP contribution in [0.25, 0.3) is 10.9 Å². The summed E-state index contributed by atoms with van der Waals surface area (Å²) < 4.78 is 10.9. The quantitative estimate of drug-likeness (QED) is 0.759. The van der Waals surface area contributed by atoms with Crippen LogP contribution >= 0.6 is 0 Å². The van der Waals surface area contributed by atoms with Crippen molar-refractivity contribution in [3.8, 4) is 11.5 Å². The molecule has 0 atom stereocenters. The Morgan fingerprint density at radius 2 is 1.65 bits per heavy atom. The zero-order valence-corrected chi connectivity index (χ0v) is 18.0. The largest absolute Gasteiger partial charge is 0.454 e. The molecule has 31 heavy (non-hydrogen) atoms. The van der Waals surface area contributed by atoms with Crippen molar-refractivity contribution in [2.75, 3.05) is 6.79 Å². The number of aromatic nitrogens is 1. The molecule has 2 aliphatic carbocycles. The van der Waals surface area contributed by atoms with Crippen LogP contribution in [0.15, 0.2) is 23.0 Å². The highest BCUT2D eigenvalue weighted by Crippen LogP contribution is 2.35. The highest BCUT2D eigenvalue weighted by Gasteiger charge is 2.28. The maximum Gasteiger partial charge on any atom is 0.318 e. The number of nitrogens with zero attached hydrogens (tertiary/aromatic N) is 1. The van der Waals surface area contributed by atoms with Crippen LogP contribution in [0.1, 0.15) is 69.8 Å². The molecule has 2 N–H and O–H groups in total. The van der Waals surface area contributed by atoms with Gasteiger partial charge in [0, 0.05) is 29.1 Å². The van der Waals surface area contributed by atoms with Crippen LogP contribution < -0.4 is 20.3 Å². The molecule has 5 rings (SSSR count). The van der Waals surface area contributed by atoms with Gasteiger partial charge in [-0.15, -0.1) is 0 Å². The number of hydrogen-bond donors (Lipinski definition) is 2. The van der Waals surface area contributed by atoms with E-state index in [0.717, 1.165) is 43.9 Å². The van der Waals surface area contributed by atoms with E-state index in [1.165, 1.54) is 25.7 Å². The summed E-state index contributed by atoms with van der Waals surface area (Å²) in [5, 5.41) is 4.15. The van der Waals surface area contributed by atoms with Crippen LogP contribution in [0.5, 0.6) is 11.5 Å². The minimum Gasteiger partial charge on any atom is -0.454 e. The maximum absolute atomic E-state index is 13.3. The van der Waals surface area contributed by atoms with Crippen molar-refractivity contribution in [3.63, 3.8) is 0 Å². The molecule has 2 fully saturated rings. The standard InChI is InChI=1S/C24H31N3O4/c28-23-17(11-16-12-21-22(31-15-30-21)13-20(16)26-23)14-27(19-9-5-2-6-10-19)24(29)25-18-7-3-1-4-8-18/h11-13,18-19H,1-10,14-15H2,(H,25,29)(H,26,28). The average Bonchev–Trinajstić information content (AvgIpc) is 3.24. The molecule has 2 amide bonds. The van der Waals surface area contributed by atoms with Gasteiger partial charge in [0.1, 0.15) is 0 Å². The zero-order valence-electron chi connectivity index (χ0n) is 18.0. The summed E-state index contributed by atoms with van der Waals surface area (Å²) in [5.41, 5.74) is 1.17. The van der Waals surface area contributed by atoms with Crippen molar-refractivity contribution < 1.29 is 14.3 Å². The van der Waals surface area contributed by atoms with Crippen LogP contribution in [-0.4, -0.2) is 34.8 Å². The average molecular weight is 426 g/mol. The van der Waals surface area contributed by atoms with E-state index < -0.39 is 0 Å². The topological polar surface area (TPSA) is 83.7 Å². The van der Waals surface area contributed by atoms with Crippen LogP contribution in [-0.2, 0) is 6.54 Å². The summed E-state index contributed by atoms with van der Waals surface area (Å²) in [6, 6.07) is 6.00. The lowest BCUT2D eigenvalue weighted by atomic mass is 9.93. The summed E-state index contributed by atoms with van der Waals surface area (Å²) in [6.45, 7) is 0.516. The number of fused-ring (bicyclic) bond motifs is 2. The van der Waals surface area contributed by atoms with Gasteiger partial charge >= 0.3 is 6.03 Å².